The van der Waals surface area contributed by atoms with Gasteiger partial charge in [0.25, 0.3) is 11.8 Å². The van der Waals surface area contributed by atoms with Gasteiger partial charge in [-0.15, -0.1) is 11.3 Å². The average Bonchev–Trinajstić information content (AvgIpc) is 3.31. The predicted octanol–water partition coefficient (Wildman–Crippen LogP) is 1.68. The Hall–Kier alpha value is -2.42. The summed E-state index contributed by atoms with van der Waals surface area (Å²) in [6.07, 6.45) is 6.93. The van der Waals surface area contributed by atoms with Crippen LogP contribution in [0.3, 0.4) is 0 Å². The fourth-order valence-corrected chi connectivity index (χ4v) is 5.15. The molecule has 0 aromatic carbocycles. The highest BCUT2D eigenvalue weighted by atomic mass is 32.1. The molecule has 0 bridgehead atoms. The third-order valence-corrected chi connectivity index (χ3v) is 6.60. The fourth-order valence-electron chi connectivity index (χ4n) is 4.00. The first-order chi connectivity index (χ1) is 13.0. The zero-order chi connectivity index (χ0) is 19.0. The molecule has 9 heteroatoms. The van der Waals surface area contributed by atoms with Gasteiger partial charge in [-0.05, 0) is 43.7 Å². The summed E-state index contributed by atoms with van der Waals surface area (Å²) in [5.41, 5.74) is 2.52. The molecule has 2 fully saturated rings. The molecular weight excluding hydrogens is 370 g/mol. The second-order valence-electron chi connectivity index (χ2n) is 7.24. The summed E-state index contributed by atoms with van der Waals surface area (Å²) in [5, 5.41) is 3.41. The van der Waals surface area contributed by atoms with Crippen LogP contribution in [0.5, 0.6) is 0 Å². The first-order valence-electron chi connectivity index (χ1n) is 9.23. The maximum absolute atomic E-state index is 12.6. The van der Waals surface area contributed by atoms with Crippen molar-refractivity contribution in [2.75, 3.05) is 6.61 Å². The van der Waals surface area contributed by atoms with Crippen LogP contribution < -0.4 is 10.7 Å². The van der Waals surface area contributed by atoms with Gasteiger partial charge in [-0.1, -0.05) is 19.3 Å². The number of imide groups is 1. The second kappa shape index (κ2) is 6.95. The standard InChI is InChI=1S/C18H21N3O5S/c22-14(10-26-15(23)13-9-11-5-4-6-12(11)27-13)20-21-16(24)18(19-17(21)25)7-2-1-3-8-18/h9H,1-8,10H2,(H,19,25)(H,20,22). The zero-order valence-corrected chi connectivity index (χ0v) is 15.7. The van der Waals surface area contributed by atoms with E-state index in [-0.39, 0.29) is 0 Å². The van der Waals surface area contributed by atoms with Gasteiger partial charge in [-0.2, -0.15) is 5.01 Å². The lowest BCUT2D eigenvalue weighted by molar-refractivity contribution is -0.140. The number of fused-ring (bicyclic) bond motifs is 1. The normalized spacial score (nSPS) is 20.5. The number of esters is 1. The van der Waals surface area contributed by atoms with Crippen molar-refractivity contribution in [2.24, 2.45) is 0 Å². The monoisotopic (exact) mass is 391 g/mol. The smallest absolute Gasteiger partial charge is 0.348 e. The number of urea groups is 1. The molecule has 0 radical (unpaired) electrons. The van der Waals surface area contributed by atoms with E-state index >= 15 is 0 Å². The van der Waals surface area contributed by atoms with Crippen LogP contribution in [0.4, 0.5) is 4.79 Å². The van der Waals surface area contributed by atoms with Crippen LogP contribution in [0, 0.1) is 0 Å². The van der Waals surface area contributed by atoms with E-state index in [9.17, 15) is 19.2 Å². The van der Waals surface area contributed by atoms with Gasteiger partial charge < -0.3 is 10.1 Å². The van der Waals surface area contributed by atoms with E-state index in [4.69, 9.17) is 4.74 Å². The van der Waals surface area contributed by atoms with Crippen molar-refractivity contribution >= 4 is 35.2 Å². The van der Waals surface area contributed by atoms with E-state index in [2.05, 4.69) is 10.7 Å². The van der Waals surface area contributed by atoms with Crippen LogP contribution in [-0.4, -0.2) is 41.0 Å². The lowest BCUT2D eigenvalue weighted by atomic mass is 9.82. The highest BCUT2D eigenvalue weighted by Crippen LogP contribution is 2.33. The van der Waals surface area contributed by atoms with Crippen molar-refractivity contribution in [3.63, 3.8) is 0 Å². The number of thiophene rings is 1. The molecule has 1 aromatic rings. The van der Waals surface area contributed by atoms with Crippen molar-refractivity contribution in [3.05, 3.63) is 21.4 Å². The molecule has 1 spiro atoms. The Morgan fingerprint density at radius 1 is 1.19 bits per heavy atom. The fraction of sp³-hybridized carbons (Fsp3) is 0.556. The Kier molecular flexibility index (Phi) is 4.63. The van der Waals surface area contributed by atoms with E-state index in [0.29, 0.717) is 22.7 Å². The summed E-state index contributed by atoms with van der Waals surface area (Å²) in [4.78, 5) is 50.6. The van der Waals surface area contributed by atoms with E-state index in [1.54, 1.807) is 0 Å². The summed E-state index contributed by atoms with van der Waals surface area (Å²) in [6, 6.07) is 1.17. The SMILES string of the molecule is O=C(COC(=O)c1cc2c(s1)CCC2)NN1C(=O)NC2(CCCCC2)C1=O. The third kappa shape index (κ3) is 3.31. The van der Waals surface area contributed by atoms with E-state index in [1.165, 1.54) is 21.8 Å². The number of nitrogens with one attached hydrogen (secondary N) is 2. The van der Waals surface area contributed by atoms with Gasteiger partial charge >= 0.3 is 12.0 Å². The van der Waals surface area contributed by atoms with Gasteiger partial charge in [-0.3, -0.25) is 15.0 Å². The van der Waals surface area contributed by atoms with Crippen LogP contribution in [0.2, 0.25) is 0 Å². The lowest BCUT2D eigenvalue weighted by Gasteiger charge is -2.30. The van der Waals surface area contributed by atoms with Crippen molar-refractivity contribution in [3.8, 4) is 0 Å². The minimum atomic E-state index is -0.906. The molecule has 2 heterocycles. The highest BCUT2D eigenvalue weighted by molar-refractivity contribution is 7.14. The molecule has 4 rings (SSSR count). The Morgan fingerprint density at radius 3 is 2.70 bits per heavy atom. The lowest BCUT2D eigenvalue weighted by Crippen LogP contribution is -2.51. The zero-order valence-electron chi connectivity index (χ0n) is 14.8. The maximum Gasteiger partial charge on any atom is 0.348 e. The van der Waals surface area contributed by atoms with Crippen LogP contribution in [-0.2, 0) is 27.2 Å². The second-order valence-corrected chi connectivity index (χ2v) is 8.37. The van der Waals surface area contributed by atoms with Gasteiger partial charge in [0.05, 0.1) is 0 Å². The van der Waals surface area contributed by atoms with E-state index in [0.717, 1.165) is 38.5 Å². The first-order valence-corrected chi connectivity index (χ1v) is 10.0. The molecule has 27 heavy (non-hydrogen) atoms. The number of carbonyl (C=O) groups excluding carboxylic acids is 4. The largest absolute Gasteiger partial charge is 0.451 e. The third-order valence-electron chi connectivity index (χ3n) is 5.39. The van der Waals surface area contributed by atoms with Gasteiger partial charge in [0.1, 0.15) is 10.4 Å². The summed E-state index contributed by atoms with van der Waals surface area (Å²) in [6.45, 7) is -0.550. The molecule has 0 unspecified atom stereocenters. The van der Waals surface area contributed by atoms with Crippen LogP contribution in [0.25, 0.3) is 0 Å². The molecule has 2 aliphatic carbocycles. The molecule has 8 nitrogen and oxygen atoms in total. The highest BCUT2D eigenvalue weighted by Gasteiger charge is 2.52. The van der Waals surface area contributed by atoms with Crippen molar-refractivity contribution in [2.45, 2.75) is 56.9 Å². The van der Waals surface area contributed by atoms with Gasteiger partial charge in [0, 0.05) is 4.88 Å². The number of nitrogens with zero attached hydrogens (tertiary/aromatic N) is 1. The van der Waals surface area contributed by atoms with Gasteiger partial charge in [0.2, 0.25) is 0 Å². The molecule has 0 atom stereocenters. The number of rotatable bonds is 4. The topological polar surface area (TPSA) is 105 Å². The number of hydrogen-bond acceptors (Lipinski definition) is 6. The van der Waals surface area contributed by atoms with Gasteiger partial charge in [-0.25, -0.2) is 9.59 Å². The number of hydrazine groups is 1. The minimum absolute atomic E-state index is 0.443. The number of hydrogen-bond donors (Lipinski definition) is 2. The average molecular weight is 391 g/mol. The molecule has 4 amide bonds. The number of aryl methyl sites for hydroxylation is 2. The quantitative estimate of drug-likeness (QED) is 0.600. The Labute approximate surface area is 160 Å². The molecule has 1 aliphatic heterocycles. The Balaban J connectivity index is 1.31. The van der Waals surface area contributed by atoms with E-state index in [1.807, 2.05) is 6.07 Å². The Morgan fingerprint density at radius 2 is 1.96 bits per heavy atom. The van der Waals surface area contributed by atoms with Crippen LogP contribution >= 0.6 is 11.3 Å². The number of amides is 4. The number of carbonyl (C=O) groups is 4. The van der Waals surface area contributed by atoms with Crippen molar-refractivity contribution in [1.82, 2.24) is 15.8 Å². The van der Waals surface area contributed by atoms with Crippen LogP contribution in [0.1, 0.15) is 58.6 Å². The Bertz CT molecular complexity index is 790. The minimum Gasteiger partial charge on any atom is -0.451 e. The molecule has 1 aromatic heterocycles. The predicted molar refractivity (Wildman–Crippen MR) is 96.0 cm³/mol. The summed E-state index contributed by atoms with van der Waals surface area (Å²) in [5.74, 6) is -1.73. The molecule has 144 valence electrons. The van der Waals surface area contributed by atoms with E-state index < -0.39 is 36.0 Å². The summed E-state index contributed by atoms with van der Waals surface area (Å²) < 4.78 is 5.03. The van der Waals surface area contributed by atoms with Crippen LogP contribution in [0.15, 0.2) is 6.07 Å². The molecule has 3 aliphatic rings. The van der Waals surface area contributed by atoms with Gasteiger partial charge in [0.15, 0.2) is 6.61 Å². The van der Waals surface area contributed by atoms with Crippen molar-refractivity contribution in [1.29, 1.82) is 0 Å². The molecule has 2 N–H and O–H groups in total. The first kappa shape index (κ1) is 18.0. The summed E-state index contributed by atoms with van der Waals surface area (Å²) >= 11 is 1.40. The summed E-state index contributed by atoms with van der Waals surface area (Å²) in [7, 11) is 0. The molecule has 1 saturated heterocycles. The number of ether oxygens (including phenoxy) is 1. The molecule has 1 saturated carbocycles. The molecular formula is C18H21N3O5S. The maximum atomic E-state index is 12.6. The van der Waals surface area contributed by atoms with Crippen molar-refractivity contribution < 1.29 is 23.9 Å².